The monoisotopic (exact) mass is 416 g/mol. The molecule has 0 aliphatic rings. The third-order valence-corrected chi connectivity index (χ3v) is 5.47. The molecule has 3 aromatic rings. The van der Waals surface area contributed by atoms with E-state index >= 15 is 0 Å². The highest BCUT2D eigenvalue weighted by Gasteiger charge is 2.09. The summed E-state index contributed by atoms with van der Waals surface area (Å²) in [6.45, 7) is 4.10. The standard InChI is InChI=1S/C19H17BrN2O2S/c1-11-4-8-16-18(12(11)2)22-19(25-16)21-17(23)9-6-13-5-7-15(24-3)14(20)10-13/h4-10H,1-3H3,(H,21,22,23)/b9-6+. The number of aryl methyl sites for hydroxylation is 2. The lowest BCUT2D eigenvalue weighted by Crippen LogP contribution is -2.07. The third kappa shape index (κ3) is 3.91. The van der Waals surface area contributed by atoms with Crippen molar-refractivity contribution >= 4 is 54.6 Å². The molecule has 128 valence electrons. The number of thiazole rings is 1. The zero-order valence-corrected chi connectivity index (χ0v) is 16.5. The van der Waals surface area contributed by atoms with E-state index < -0.39 is 0 Å². The predicted molar refractivity (Wildman–Crippen MR) is 107 cm³/mol. The summed E-state index contributed by atoms with van der Waals surface area (Å²) in [4.78, 5) is 16.7. The number of hydrogen-bond donors (Lipinski definition) is 1. The second-order valence-corrected chi connectivity index (χ2v) is 7.47. The van der Waals surface area contributed by atoms with Crippen LogP contribution in [0.3, 0.4) is 0 Å². The molecule has 0 saturated heterocycles. The fourth-order valence-electron chi connectivity index (χ4n) is 2.38. The number of rotatable bonds is 4. The smallest absolute Gasteiger partial charge is 0.250 e. The Morgan fingerprint density at radius 1 is 1.28 bits per heavy atom. The van der Waals surface area contributed by atoms with E-state index in [9.17, 15) is 4.79 Å². The minimum Gasteiger partial charge on any atom is -0.496 e. The van der Waals surface area contributed by atoms with Crippen molar-refractivity contribution in [2.75, 3.05) is 12.4 Å². The molecule has 1 heterocycles. The highest BCUT2D eigenvalue weighted by Crippen LogP contribution is 2.29. The average molecular weight is 417 g/mol. The van der Waals surface area contributed by atoms with Gasteiger partial charge in [0.05, 0.1) is 21.8 Å². The zero-order chi connectivity index (χ0) is 18.0. The highest BCUT2D eigenvalue weighted by atomic mass is 79.9. The van der Waals surface area contributed by atoms with Gasteiger partial charge in [-0.25, -0.2) is 4.98 Å². The molecule has 0 aliphatic heterocycles. The van der Waals surface area contributed by atoms with Crippen molar-refractivity contribution in [2.45, 2.75) is 13.8 Å². The number of amides is 1. The molecular weight excluding hydrogens is 400 g/mol. The number of halogens is 1. The van der Waals surface area contributed by atoms with Crippen LogP contribution in [-0.4, -0.2) is 18.0 Å². The summed E-state index contributed by atoms with van der Waals surface area (Å²) in [7, 11) is 1.62. The molecule has 0 aliphatic carbocycles. The second kappa shape index (κ2) is 7.37. The first kappa shape index (κ1) is 17.6. The molecule has 25 heavy (non-hydrogen) atoms. The maximum Gasteiger partial charge on any atom is 0.250 e. The van der Waals surface area contributed by atoms with Gasteiger partial charge in [-0.05, 0) is 70.7 Å². The minimum absolute atomic E-state index is 0.208. The number of carbonyl (C=O) groups excluding carboxylic acids is 1. The Hall–Kier alpha value is -2.18. The molecule has 1 aromatic heterocycles. The van der Waals surface area contributed by atoms with Gasteiger partial charge in [0.1, 0.15) is 5.75 Å². The summed E-state index contributed by atoms with van der Waals surface area (Å²) in [6.07, 6.45) is 3.25. The van der Waals surface area contributed by atoms with Gasteiger partial charge >= 0.3 is 0 Å². The number of nitrogens with zero attached hydrogens (tertiary/aromatic N) is 1. The lowest BCUT2D eigenvalue weighted by atomic mass is 10.1. The molecule has 0 fully saturated rings. The van der Waals surface area contributed by atoms with E-state index in [0.717, 1.165) is 31.6 Å². The number of nitrogens with one attached hydrogen (secondary N) is 1. The first-order valence-corrected chi connectivity index (χ1v) is 9.28. The summed E-state index contributed by atoms with van der Waals surface area (Å²) < 4.78 is 7.11. The number of aromatic nitrogens is 1. The van der Waals surface area contributed by atoms with E-state index in [4.69, 9.17) is 4.74 Å². The van der Waals surface area contributed by atoms with Crippen molar-refractivity contribution in [1.82, 2.24) is 4.98 Å². The molecule has 6 heteroatoms. The Bertz CT molecular complexity index is 979. The van der Waals surface area contributed by atoms with Crippen molar-refractivity contribution in [1.29, 1.82) is 0 Å². The van der Waals surface area contributed by atoms with Gasteiger partial charge < -0.3 is 4.74 Å². The molecule has 3 rings (SSSR count). The van der Waals surface area contributed by atoms with Gasteiger partial charge in [-0.2, -0.15) is 0 Å². The molecule has 2 aromatic carbocycles. The maximum absolute atomic E-state index is 12.2. The number of methoxy groups -OCH3 is 1. The Labute approximate surface area is 158 Å². The summed E-state index contributed by atoms with van der Waals surface area (Å²) >= 11 is 4.91. The number of ether oxygens (including phenoxy) is 1. The van der Waals surface area contributed by atoms with Crippen molar-refractivity contribution in [3.05, 3.63) is 57.6 Å². The first-order chi connectivity index (χ1) is 12.0. The van der Waals surface area contributed by atoms with E-state index in [-0.39, 0.29) is 5.91 Å². The summed E-state index contributed by atoms with van der Waals surface area (Å²) in [6, 6.07) is 9.74. The Kier molecular flexibility index (Phi) is 5.20. The lowest BCUT2D eigenvalue weighted by Gasteiger charge is -2.03. The van der Waals surface area contributed by atoms with Crippen LogP contribution in [0.2, 0.25) is 0 Å². The molecule has 0 unspecified atom stereocenters. The summed E-state index contributed by atoms with van der Waals surface area (Å²) in [5.74, 6) is 0.544. The Morgan fingerprint density at radius 3 is 2.80 bits per heavy atom. The van der Waals surface area contributed by atoms with Crippen LogP contribution in [-0.2, 0) is 4.79 Å². The van der Waals surface area contributed by atoms with Crippen molar-refractivity contribution in [3.8, 4) is 5.75 Å². The van der Waals surface area contributed by atoms with E-state index in [1.54, 1.807) is 13.2 Å². The fourth-order valence-corrected chi connectivity index (χ4v) is 3.87. The second-order valence-electron chi connectivity index (χ2n) is 5.59. The van der Waals surface area contributed by atoms with E-state index in [1.807, 2.05) is 31.2 Å². The quantitative estimate of drug-likeness (QED) is 0.584. The lowest BCUT2D eigenvalue weighted by molar-refractivity contribution is -0.111. The van der Waals surface area contributed by atoms with Crippen LogP contribution in [0.25, 0.3) is 16.3 Å². The average Bonchev–Trinajstić information content (AvgIpc) is 3.00. The number of carbonyl (C=O) groups is 1. The summed E-state index contributed by atoms with van der Waals surface area (Å²) in [5, 5.41) is 3.44. The first-order valence-electron chi connectivity index (χ1n) is 7.67. The van der Waals surface area contributed by atoms with Crippen LogP contribution in [0.5, 0.6) is 5.75 Å². The van der Waals surface area contributed by atoms with Crippen molar-refractivity contribution in [3.63, 3.8) is 0 Å². The molecule has 4 nitrogen and oxygen atoms in total. The predicted octanol–water partition coefficient (Wildman–Crippen LogP) is 5.34. The van der Waals surface area contributed by atoms with Gasteiger partial charge in [-0.1, -0.05) is 23.5 Å². The largest absolute Gasteiger partial charge is 0.496 e. The van der Waals surface area contributed by atoms with Crippen LogP contribution in [0, 0.1) is 13.8 Å². The van der Waals surface area contributed by atoms with E-state index in [2.05, 4.69) is 39.2 Å². The van der Waals surface area contributed by atoms with Gasteiger partial charge in [0.15, 0.2) is 5.13 Å². The fraction of sp³-hybridized carbons (Fsp3) is 0.158. The topological polar surface area (TPSA) is 51.2 Å². The van der Waals surface area contributed by atoms with Crippen LogP contribution in [0.1, 0.15) is 16.7 Å². The van der Waals surface area contributed by atoms with Crippen molar-refractivity contribution < 1.29 is 9.53 Å². The molecule has 0 spiro atoms. The van der Waals surface area contributed by atoms with Gasteiger partial charge in [0, 0.05) is 6.08 Å². The third-order valence-electron chi connectivity index (χ3n) is 3.92. The molecule has 1 amide bonds. The molecule has 0 atom stereocenters. The Balaban J connectivity index is 1.74. The molecular formula is C19H17BrN2O2S. The zero-order valence-electron chi connectivity index (χ0n) is 14.1. The molecule has 0 bridgehead atoms. The molecule has 1 N–H and O–H groups in total. The Morgan fingerprint density at radius 2 is 2.08 bits per heavy atom. The van der Waals surface area contributed by atoms with Crippen LogP contribution in [0.4, 0.5) is 5.13 Å². The normalized spacial score (nSPS) is 11.2. The number of benzene rings is 2. The number of fused-ring (bicyclic) bond motifs is 1. The number of anilines is 1. The van der Waals surface area contributed by atoms with Crippen LogP contribution >= 0.6 is 27.3 Å². The van der Waals surface area contributed by atoms with Gasteiger partial charge in [0.2, 0.25) is 5.91 Å². The maximum atomic E-state index is 12.2. The SMILES string of the molecule is COc1ccc(/C=C/C(=O)Nc2nc3c(C)c(C)ccc3s2)cc1Br. The van der Waals surface area contributed by atoms with Crippen LogP contribution in [0.15, 0.2) is 40.9 Å². The van der Waals surface area contributed by atoms with Gasteiger partial charge in [-0.3, -0.25) is 10.1 Å². The highest BCUT2D eigenvalue weighted by molar-refractivity contribution is 9.10. The molecule has 0 radical (unpaired) electrons. The summed E-state index contributed by atoms with van der Waals surface area (Å²) in [5.41, 5.74) is 4.19. The number of hydrogen-bond acceptors (Lipinski definition) is 4. The molecule has 0 saturated carbocycles. The van der Waals surface area contributed by atoms with Gasteiger partial charge in [-0.15, -0.1) is 0 Å². The van der Waals surface area contributed by atoms with E-state index in [1.165, 1.54) is 23.0 Å². The van der Waals surface area contributed by atoms with Crippen LogP contribution < -0.4 is 10.1 Å². The van der Waals surface area contributed by atoms with Crippen molar-refractivity contribution in [2.24, 2.45) is 0 Å². The van der Waals surface area contributed by atoms with Gasteiger partial charge in [0.25, 0.3) is 0 Å². The minimum atomic E-state index is -0.208. The van der Waals surface area contributed by atoms with E-state index in [0.29, 0.717) is 5.13 Å².